The summed E-state index contributed by atoms with van der Waals surface area (Å²) < 4.78 is 6.90. The molecule has 0 aliphatic heterocycles. The Morgan fingerprint density at radius 1 is 0.859 bits per heavy atom. The standard InChI is InChI=1S/C45H69NO.C9H12.C6H11O2P.2C2H6.CH4O/c1-10-11-33-28-44(26-27-47-41(46-9)45(24-25-45)34-14-12-32(13-15-34)29(2)3)23-20-37-35(40(44)39(33)30(4)5)16-17-38-42(7)21-18-31(6)36(42)19-22-43(37,38)8;1-3-9-6-4-8(2)5-7-9;1-6(2,4-7)3-5(8)9;3*1-2/h11-12,14,29-31,35-38H,10,13,15-28H2,1-9H3;4-7H,3H2,1-2H3;4H,3,9H2,1-2H3;2*1-2H3;2H,1H3/b33-11-,46-41?;;;;;. The highest BCUT2D eigenvalue weighted by molar-refractivity contribution is 7.40. The van der Waals surface area contributed by atoms with Crippen molar-refractivity contribution in [3.05, 3.63) is 81.5 Å². The van der Waals surface area contributed by atoms with E-state index >= 15 is 0 Å². The lowest BCUT2D eigenvalue weighted by Crippen LogP contribution is -2.56. The quantitative estimate of drug-likeness (QED) is 0.0980. The van der Waals surface area contributed by atoms with Gasteiger partial charge >= 0.3 is 0 Å². The second-order valence-electron chi connectivity index (χ2n) is 24.0. The molecular formula is C65H108NO4P. The van der Waals surface area contributed by atoms with E-state index in [4.69, 9.17) is 14.8 Å². The number of nitrogens with zero attached hydrogens (tertiary/aromatic N) is 1. The van der Waals surface area contributed by atoms with Gasteiger partial charge in [-0.1, -0.05) is 178 Å². The van der Waals surface area contributed by atoms with E-state index in [0.717, 1.165) is 74.8 Å². The molecule has 1 aromatic carbocycles. The van der Waals surface area contributed by atoms with Crippen LogP contribution in [0.5, 0.6) is 0 Å². The fourth-order valence-corrected chi connectivity index (χ4v) is 15.7. The molecule has 7 aliphatic rings. The summed E-state index contributed by atoms with van der Waals surface area (Å²) in [7, 11) is 5.04. The van der Waals surface area contributed by atoms with Crippen LogP contribution in [-0.2, 0) is 20.7 Å². The molecule has 0 heterocycles. The molecule has 0 amide bonds. The Bertz CT molecular complexity index is 2010. The summed E-state index contributed by atoms with van der Waals surface area (Å²) in [6.07, 6.45) is 29.6. The number of aldehydes is 1. The maximum absolute atomic E-state index is 10.4. The lowest BCUT2D eigenvalue weighted by atomic mass is 9.40. The van der Waals surface area contributed by atoms with Crippen LogP contribution in [0, 0.1) is 75.4 Å². The third-order valence-corrected chi connectivity index (χ3v) is 18.8. The molecule has 5 saturated carbocycles. The lowest BCUT2D eigenvalue weighted by molar-refractivity contribution is -0.133. The Morgan fingerprint density at radius 2 is 1.46 bits per heavy atom. The Hall–Kier alpha value is -2.62. The summed E-state index contributed by atoms with van der Waals surface area (Å²) in [5, 5.41) is 7.00. The minimum Gasteiger partial charge on any atom is -0.480 e. The number of aryl methyl sites for hydroxylation is 2. The smallest absolute Gasteiger partial charge is 0.193 e. The van der Waals surface area contributed by atoms with Gasteiger partial charge in [-0.2, -0.15) is 0 Å². The second kappa shape index (κ2) is 27.8. The molecule has 5 fully saturated rings. The number of carbonyl (C=O) groups is 2. The van der Waals surface area contributed by atoms with Gasteiger partial charge in [0.2, 0.25) is 0 Å². The molecule has 8 rings (SSSR count). The number of aliphatic imine (C=N–C) groups is 1. The second-order valence-corrected chi connectivity index (χ2v) is 24.7. The van der Waals surface area contributed by atoms with Gasteiger partial charge in [0.05, 0.1) is 12.0 Å². The van der Waals surface area contributed by atoms with E-state index < -0.39 is 5.41 Å². The monoisotopic (exact) mass is 998 g/mol. The molecule has 7 aliphatic carbocycles. The number of ether oxygens (including phenoxy) is 1. The Balaban J connectivity index is 0.000000461. The number of hydrogen-bond donors (Lipinski definition) is 1. The molecule has 0 radical (unpaired) electrons. The summed E-state index contributed by atoms with van der Waals surface area (Å²) in [5.74, 6) is 6.73. The Labute approximate surface area is 440 Å². The van der Waals surface area contributed by atoms with Crippen molar-refractivity contribution in [2.75, 3.05) is 20.8 Å². The highest BCUT2D eigenvalue weighted by Gasteiger charge is 2.64. The van der Waals surface area contributed by atoms with Crippen molar-refractivity contribution in [1.82, 2.24) is 0 Å². The van der Waals surface area contributed by atoms with Gasteiger partial charge in [0.15, 0.2) is 5.90 Å². The van der Waals surface area contributed by atoms with E-state index in [1.807, 2.05) is 40.3 Å². The van der Waals surface area contributed by atoms with E-state index in [-0.39, 0.29) is 16.4 Å². The number of fused-ring (bicyclic) bond motifs is 7. The average Bonchev–Trinajstić information content (AvgIpc) is 4.01. The van der Waals surface area contributed by atoms with Gasteiger partial charge in [-0.05, 0) is 184 Å². The first kappa shape index (κ1) is 62.7. The van der Waals surface area contributed by atoms with Gasteiger partial charge in [-0.3, -0.25) is 9.79 Å². The largest absolute Gasteiger partial charge is 0.480 e. The third-order valence-electron chi connectivity index (χ3n) is 18.6. The highest BCUT2D eigenvalue weighted by atomic mass is 31.0. The van der Waals surface area contributed by atoms with Crippen molar-refractivity contribution in [2.24, 2.45) is 73.5 Å². The summed E-state index contributed by atoms with van der Waals surface area (Å²) >= 11 is 0. The first-order valence-corrected chi connectivity index (χ1v) is 29.5. The number of hydrogen-bond acceptors (Lipinski definition) is 5. The maximum Gasteiger partial charge on any atom is 0.193 e. The molecule has 0 spiro atoms. The van der Waals surface area contributed by atoms with E-state index in [2.05, 4.69) is 121 Å². The molecule has 9 atom stereocenters. The molecule has 1 aromatic rings. The number of benzene rings is 1. The van der Waals surface area contributed by atoms with Crippen LogP contribution in [0.1, 0.15) is 218 Å². The fourth-order valence-electron chi connectivity index (χ4n) is 15.1. The van der Waals surface area contributed by atoms with Crippen LogP contribution < -0.4 is 0 Å². The number of allylic oxidation sites excluding steroid dienone is 7. The SMILES string of the molecule is CC.CC.CC(C)(C=O)CC(=O)P.CC/C=C1/CC2(CCOC(=NC)C3(C4=CC=C(C(C)C)CC4)CC3)CCC3C(CCC4C5(C)CCC(C)C5CCC34C)C2=C1C(C)C.CCc1ccc(C)cc1.CO. The first-order valence-electron chi connectivity index (χ1n) is 28.9. The van der Waals surface area contributed by atoms with E-state index in [0.29, 0.717) is 29.1 Å². The van der Waals surface area contributed by atoms with Gasteiger partial charge in [0.25, 0.3) is 0 Å². The number of aliphatic hydroxyl groups is 1. The minimum absolute atomic E-state index is 0.0212. The number of rotatable bonds is 12. The van der Waals surface area contributed by atoms with Crippen LogP contribution in [-0.4, -0.2) is 43.6 Å². The molecule has 6 heteroatoms. The van der Waals surface area contributed by atoms with Crippen molar-refractivity contribution in [3.8, 4) is 0 Å². The fraction of sp³-hybridized carbons (Fsp3) is 0.738. The molecule has 9 unspecified atom stereocenters. The Kier molecular flexibility index (Phi) is 24.5. The zero-order valence-corrected chi connectivity index (χ0v) is 50.2. The summed E-state index contributed by atoms with van der Waals surface area (Å²) in [6, 6.07) is 8.66. The first-order chi connectivity index (χ1) is 33.7. The molecule has 402 valence electrons. The normalized spacial score (nSPS) is 30.5. The van der Waals surface area contributed by atoms with Crippen LogP contribution in [0.4, 0.5) is 0 Å². The van der Waals surface area contributed by atoms with Crippen LogP contribution in [0.3, 0.4) is 0 Å². The van der Waals surface area contributed by atoms with E-state index in [1.165, 1.54) is 94.6 Å². The predicted molar refractivity (Wildman–Crippen MR) is 310 cm³/mol. The zero-order valence-electron chi connectivity index (χ0n) is 49.1. The van der Waals surface area contributed by atoms with E-state index in [1.54, 1.807) is 36.1 Å². The van der Waals surface area contributed by atoms with Gasteiger partial charge < -0.3 is 14.6 Å². The summed E-state index contributed by atoms with van der Waals surface area (Å²) in [4.78, 5) is 25.5. The predicted octanol–water partition coefficient (Wildman–Crippen LogP) is 17.7. The molecule has 0 bridgehead atoms. The summed E-state index contributed by atoms with van der Waals surface area (Å²) in [5.41, 5.74) is 12.3. The number of carbonyl (C=O) groups excluding carboxylic acids is 2. The minimum atomic E-state index is -0.487. The number of aliphatic hydroxyl groups excluding tert-OH is 1. The van der Waals surface area contributed by atoms with Crippen molar-refractivity contribution >= 4 is 26.9 Å². The maximum atomic E-state index is 10.4. The van der Waals surface area contributed by atoms with Crippen molar-refractivity contribution in [1.29, 1.82) is 0 Å². The van der Waals surface area contributed by atoms with Crippen molar-refractivity contribution in [3.63, 3.8) is 0 Å². The van der Waals surface area contributed by atoms with Crippen LogP contribution in [0.25, 0.3) is 0 Å². The lowest BCUT2D eigenvalue weighted by Gasteiger charge is -2.64. The molecule has 0 saturated heterocycles. The molecular weight excluding hydrogens is 890 g/mol. The summed E-state index contributed by atoms with van der Waals surface area (Å²) in [6.45, 7) is 36.7. The Morgan fingerprint density at radius 3 is 1.96 bits per heavy atom. The van der Waals surface area contributed by atoms with Gasteiger partial charge in [0, 0.05) is 26.0 Å². The van der Waals surface area contributed by atoms with Crippen LogP contribution >= 0.6 is 9.24 Å². The van der Waals surface area contributed by atoms with Crippen molar-refractivity contribution in [2.45, 2.75) is 220 Å². The molecule has 71 heavy (non-hydrogen) atoms. The van der Waals surface area contributed by atoms with E-state index in [9.17, 15) is 9.59 Å². The van der Waals surface area contributed by atoms with Crippen LogP contribution in [0.2, 0.25) is 0 Å². The van der Waals surface area contributed by atoms with Crippen molar-refractivity contribution < 1.29 is 19.4 Å². The third kappa shape index (κ3) is 14.2. The van der Waals surface area contributed by atoms with Gasteiger partial charge in [-0.25, -0.2) is 0 Å². The molecule has 1 N–H and O–H groups in total. The van der Waals surface area contributed by atoms with Gasteiger partial charge in [0.1, 0.15) is 11.8 Å². The topological polar surface area (TPSA) is 76.0 Å². The van der Waals surface area contributed by atoms with Gasteiger partial charge in [-0.15, -0.1) is 0 Å². The average molecular weight is 999 g/mol. The highest BCUT2D eigenvalue weighted by Crippen LogP contribution is 2.73. The zero-order chi connectivity index (χ0) is 53.5. The van der Waals surface area contributed by atoms with Crippen LogP contribution in [0.15, 0.2) is 75.4 Å². The molecule has 5 nitrogen and oxygen atoms in total. The molecule has 0 aromatic heterocycles.